The lowest BCUT2D eigenvalue weighted by Gasteiger charge is -2.40. The van der Waals surface area contributed by atoms with Crippen molar-refractivity contribution in [3.8, 4) is 0 Å². The number of hydrogen-bond donors (Lipinski definition) is 1. The van der Waals surface area contributed by atoms with Crippen molar-refractivity contribution in [2.75, 3.05) is 25.1 Å². The molecule has 0 aliphatic carbocycles. The number of methoxy groups -OCH3 is 1. The summed E-state index contributed by atoms with van der Waals surface area (Å²) < 4.78 is 5.65. The monoisotopic (exact) mass is 278 g/mol. The van der Waals surface area contributed by atoms with Crippen molar-refractivity contribution in [3.05, 3.63) is 23.4 Å². The Kier molecular flexibility index (Phi) is 4.66. The number of aromatic nitrogens is 1. The third kappa shape index (κ3) is 3.30. The SMILES string of the molecule is COC1(C)CCCN(c2cc(CO)cc(C(C)C)n2)C1. The summed E-state index contributed by atoms with van der Waals surface area (Å²) in [5.74, 6) is 1.32. The molecule has 1 unspecified atom stereocenters. The predicted molar refractivity (Wildman–Crippen MR) is 81.1 cm³/mol. The zero-order chi connectivity index (χ0) is 14.8. The summed E-state index contributed by atoms with van der Waals surface area (Å²) in [4.78, 5) is 7.04. The topological polar surface area (TPSA) is 45.6 Å². The number of piperidine rings is 1. The number of anilines is 1. The van der Waals surface area contributed by atoms with Gasteiger partial charge in [-0.05, 0) is 43.4 Å². The number of ether oxygens (including phenoxy) is 1. The highest BCUT2D eigenvalue weighted by atomic mass is 16.5. The van der Waals surface area contributed by atoms with Gasteiger partial charge in [-0.2, -0.15) is 0 Å². The number of nitrogens with zero attached hydrogens (tertiary/aromatic N) is 2. The van der Waals surface area contributed by atoms with E-state index >= 15 is 0 Å². The number of pyridine rings is 1. The summed E-state index contributed by atoms with van der Waals surface area (Å²) in [5, 5.41) is 9.44. The fourth-order valence-electron chi connectivity index (χ4n) is 2.71. The van der Waals surface area contributed by atoms with Gasteiger partial charge < -0.3 is 14.7 Å². The summed E-state index contributed by atoms with van der Waals surface area (Å²) in [7, 11) is 1.78. The van der Waals surface area contributed by atoms with Gasteiger partial charge in [-0.15, -0.1) is 0 Å². The van der Waals surface area contributed by atoms with Crippen LogP contribution < -0.4 is 4.90 Å². The lowest BCUT2D eigenvalue weighted by atomic mass is 9.94. The molecule has 0 spiro atoms. The molecule has 0 bridgehead atoms. The molecule has 0 amide bonds. The standard InChI is InChI=1S/C16H26N2O2/c1-12(2)14-8-13(10-19)9-15(17-14)18-7-5-6-16(3,11-18)20-4/h8-9,12,19H,5-7,10-11H2,1-4H3. The van der Waals surface area contributed by atoms with Gasteiger partial charge in [0, 0.05) is 25.9 Å². The Morgan fingerprint density at radius 2 is 2.20 bits per heavy atom. The van der Waals surface area contributed by atoms with E-state index in [1.807, 2.05) is 12.1 Å². The van der Waals surface area contributed by atoms with E-state index in [2.05, 4.69) is 25.7 Å². The van der Waals surface area contributed by atoms with E-state index in [4.69, 9.17) is 9.72 Å². The molecule has 0 radical (unpaired) electrons. The van der Waals surface area contributed by atoms with Crippen LogP contribution in [0.3, 0.4) is 0 Å². The molecule has 4 nitrogen and oxygen atoms in total. The van der Waals surface area contributed by atoms with E-state index in [1.165, 1.54) is 0 Å². The van der Waals surface area contributed by atoms with Gasteiger partial charge in [0.25, 0.3) is 0 Å². The highest BCUT2D eigenvalue weighted by Gasteiger charge is 2.31. The second kappa shape index (κ2) is 6.10. The van der Waals surface area contributed by atoms with Gasteiger partial charge in [-0.3, -0.25) is 0 Å². The third-order valence-electron chi connectivity index (χ3n) is 4.14. The van der Waals surface area contributed by atoms with Crippen LogP contribution in [0, 0.1) is 0 Å². The van der Waals surface area contributed by atoms with Crippen LogP contribution in [-0.2, 0) is 11.3 Å². The molecule has 1 aromatic heterocycles. The summed E-state index contributed by atoms with van der Waals surface area (Å²) in [5.41, 5.74) is 1.87. The molecule has 1 aromatic rings. The summed E-state index contributed by atoms with van der Waals surface area (Å²) in [6.07, 6.45) is 2.18. The molecule has 2 rings (SSSR count). The van der Waals surface area contributed by atoms with Crippen molar-refractivity contribution in [1.29, 1.82) is 0 Å². The smallest absolute Gasteiger partial charge is 0.129 e. The molecule has 1 fully saturated rings. The van der Waals surface area contributed by atoms with Crippen LogP contribution >= 0.6 is 0 Å². The van der Waals surface area contributed by atoms with Crippen LogP contribution in [0.15, 0.2) is 12.1 Å². The van der Waals surface area contributed by atoms with E-state index in [-0.39, 0.29) is 12.2 Å². The van der Waals surface area contributed by atoms with E-state index in [9.17, 15) is 5.11 Å². The second-order valence-electron chi connectivity index (χ2n) is 6.25. The van der Waals surface area contributed by atoms with Crippen LogP contribution in [0.25, 0.3) is 0 Å². The van der Waals surface area contributed by atoms with Gasteiger partial charge in [0.2, 0.25) is 0 Å². The van der Waals surface area contributed by atoms with E-state index in [0.717, 1.165) is 43.0 Å². The van der Waals surface area contributed by atoms with Crippen molar-refractivity contribution in [2.24, 2.45) is 0 Å². The summed E-state index contributed by atoms with van der Waals surface area (Å²) in [6, 6.07) is 3.99. The van der Waals surface area contributed by atoms with Crippen LogP contribution in [0.1, 0.15) is 50.8 Å². The molecule has 1 aliphatic heterocycles. The van der Waals surface area contributed by atoms with Crippen molar-refractivity contribution in [2.45, 2.75) is 51.7 Å². The molecule has 0 aromatic carbocycles. The Balaban J connectivity index is 2.29. The zero-order valence-electron chi connectivity index (χ0n) is 13.0. The van der Waals surface area contributed by atoms with Crippen LogP contribution in [-0.4, -0.2) is 35.9 Å². The van der Waals surface area contributed by atoms with E-state index in [0.29, 0.717) is 5.92 Å². The summed E-state index contributed by atoms with van der Waals surface area (Å²) in [6.45, 7) is 8.32. The molecule has 20 heavy (non-hydrogen) atoms. The van der Waals surface area contributed by atoms with Crippen molar-refractivity contribution >= 4 is 5.82 Å². The van der Waals surface area contributed by atoms with E-state index in [1.54, 1.807) is 7.11 Å². The third-order valence-corrected chi connectivity index (χ3v) is 4.14. The molecule has 0 saturated carbocycles. The van der Waals surface area contributed by atoms with Gasteiger partial charge in [0.05, 0.1) is 12.2 Å². The summed E-state index contributed by atoms with van der Waals surface area (Å²) >= 11 is 0. The Bertz CT molecular complexity index is 462. The maximum atomic E-state index is 9.44. The Hall–Kier alpha value is -1.13. The average Bonchev–Trinajstić information content (AvgIpc) is 2.46. The minimum atomic E-state index is -0.104. The first kappa shape index (κ1) is 15.3. The van der Waals surface area contributed by atoms with Crippen molar-refractivity contribution in [3.63, 3.8) is 0 Å². The average molecular weight is 278 g/mol. The van der Waals surface area contributed by atoms with Gasteiger partial charge in [0.15, 0.2) is 0 Å². The highest BCUT2D eigenvalue weighted by Crippen LogP contribution is 2.28. The first-order valence-corrected chi connectivity index (χ1v) is 7.39. The molecule has 2 heterocycles. The first-order valence-electron chi connectivity index (χ1n) is 7.39. The Morgan fingerprint density at radius 3 is 2.80 bits per heavy atom. The minimum absolute atomic E-state index is 0.0601. The number of aliphatic hydroxyl groups excluding tert-OH is 1. The molecule has 1 aliphatic rings. The fourth-order valence-corrected chi connectivity index (χ4v) is 2.71. The molecule has 4 heteroatoms. The first-order chi connectivity index (χ1) is 9.47. The van der Waals surface area contributed by atoms with Gasteiger partial charge in [-0.1, -0.05) is 13.8 Å². The van der Waals surface area contributed by atoms with Gasteiger partial charge >= 0.3 is 0 Å². The van der Waals surface area contributed by atoms with Crippen molar-refractivity contribution < 1.29 is 9.84 Å². The largest absolute Gasteiger partial charge is 0.392 e. The molecular weight excluding hydrogens is 252 g/mol. The number of hydrogen-bond acceptors (Lipinski definition) is 4. The lowest BCUT2D eigenvalue weighted by Crippen LogP contribution is -2.47. The Labute approximate surface area is 121 Å². The maximum absolute atomic E-state index is 9.44. The Morgan fingerprint density at radius 1 is 1.45 bits per heavy atom. The fraction of sp³-hybridized carbons (Fsp3) is 0.688. The molecule has 112 valence electrons. The minimum Gasteiger partial charge on any atom is -0.392 e. The molecular formula is C16H26N2O2. The normalized spacial score (nSPS) is 23.4. The predicted octanol–water partition coefficient (Wildman–Crippen LogP) is 2.70. The zero-order valence-corrected chi connectivity index (χ0v) is 13.0. The quantitative estimate of drug-likeness (QED) is 0.920. The molecule has 1 N–H and O–H groups in total. The maximum Gasteiger partial charge on any atom is 0.129 e. The lowest BCUT2D eigenvalue weighted by molar-refractivity contribution is -0.00482. The molecule has 1 saturated heterocycles. The van der Waals surface area contributed by atoms with Gasteiger partial charge in [-0.25, -0.2) is 4.98 Å². The molecule has 1 atom stereocenters. The van der Waals surface area contributed by atoms with Crippen molar-refractivity contribution in [1.82, 2.24) is 4.98 Å². The number of rotatable bonds is 4. The van der Waals surface area contributed by atoms with Crippen LogP contribution in [0.4, 0.5) is 5.82 Å². The highest BCUT2D eigenvalue weighted by molar-refractivity contribution is 5.44. The van der Waals surface area contributed by atoms with E-state index < -0.39 is 0 Å². The second-order valence-corrected chi connectivity index (χ2v) is 6.25. The van der Waals surface area contributed by atoms with Crippen LogP contribution in [0.5, 0.6) is 0 Å². The van der Waals surface area contributed by atoms with Gasteiger partial charge in [0.1, 0.15) is 5.82 Å². The number of aliphatic hydroxyl groups is 1. The van der Waals surface area contributed by atoms with Crippen LogP contribution in [0.2, 0.25) is 0 Å².